The van der Waals surface area contributed by atoms with Crippen LogP contribution < -0.4 is 0 Å². The number of rotatable bonds is 3. The van der Waals surface area contributed by atoms with Crippen LogP contribution in [-0.4, -0.2) is 39.9 Å². The summed E-state index contributed by atoms with van der Waals surface area (Å²) in [4.78, 5) is 14.0. The number of benzene rings is 1. The van der Waals surface area contributed by atoms with Gasteiger partial charge in [-0.1, -0.05) is 42.0 Å². The fourth-order valence-electron chi connectivity index (χ4n) is 3.53. The Morgan fingerprint density at radius 2 is 1.82 bits per heavy atom. The maximum Gasteiger partial charge on any atom is 0.410 e. The molecule has 2 aliphatic rings. The van der Waals surface area contributed by atoms with Crippen molar-refractivity contribution in [3.05, 3.63) is 53.2 Å². The van der Waals surface area contributed by atoms with Crippen molar-refractivity contribution in [2.24, 2.45) is 0 Å². The van der Waals surface area contributed by atoms with Crippen molar-refractivity contribution in [1.82, 2.24) is 15.1 Å². The van der Waals surface area contributed by atoms with Crippen molar-refractivity contribution < 1.29 is 13.9 Å². The summed E-state index contributed by atoms with van der Waals surface area (Å²) in [6.07, 6.45) is 4.57. The van der Waals surface area contributed by atoms with Gasteiger partial charge < -0.3 is 14.1 Å². The molecule has 1 atom stereocenters. The highest BCUT2D eigenvalue weighted by Gasteiger charge is 2.37. The normalized spacial score (nSPS) is 21.8. The number of nitrogens with zero attached hydrogens (tertiary/aromatic N) is 3. The quantitative estimate of drug-likeness (QED) is 0.767. The van der Waals surface area contributed by atoms with E-state index < -0.39 is 5.60 Å². The third kappa shape index (κ3) is 4.43. The lowest BCUT2D eigenvalue weighted by molar-refractivity contribution is 0.0199. The van der Waals surface area contributed by atoms with Crippen LogP contribution in [0.15, 0.2) is 40.3 Å². The van der Waals surface area contributed by atoms with Gasteiger partial charge in [-0.2, -0.15) is 0 Å². The largest absolute Gasteiger partial charge is 0.444 e. The van der Waals surface area contributed by atoms with Gasteiger partial charge in [0.15, 0.2) is 0 Å². The van der Waals surface area contributed by atoms with Crippen molar-refractivity contribution in [2.45, 2.75) is 57.5 Å². The number of amides is 1. The Kier molecular flexibility index (Phi) is 4.96. The zero-order chi connectivity index (χ0) is 19.7. The lowest BCUT2D eigenvalue weighted by Crippen LogP contribution is -2.41. The molecule has 2 fully saturated rings. The molecule has 2 heterocycles. The molecule has 2 aromatic rings. The standard InChI is InChI=1S/C22H27N3O3/c1-22(2,3)28-21(26)25-11-9-16(10-12-25)19-23-24-20(27-19)18-14-17(18)13-15-7-5-4-6-8-15/h4-8,13,16,18H,9-12,14H2,1-3H3/b17-13+. The molecule has 1 saturated carbocycles. The van der Waals surface area contributed by atoms with Crippen LogP contribution in [0.5, 0.6) is 0 Å². The lowest BCUT2D eigenvalue weighted by atomic mass is 9.97. The molecule has 0 bridgehead atoms. The highest BCUT2D eigenvalue weighted by Crippen LogP contribution is 2.47. The molecule has 28 heavy (non-hydrogen) atoms. The molecule has 1 amide bonds. The molecular formula is C22H27N3O3. The number of carbonyl (C=O) groups excluding carboxylic acids is 1. The van der Waals surface area contributed by atoms with E-state index in [4.69, 9.17) is 9.15 Å². The van der Waals surface area contributed by atoms with Gasteiger partial charge in [0.05, 0.1) is 5.92 Å². The number of aromatic nitrogens is 2. The Balaban J connectivity index is 1.33. The van der Waals surface area contributed by atoms with Gasteiger partial charge in [0.2, 0.25) is 11.8 Å². The molecule has 0 N–H and O–H groups in total. The van der Waals surface area contributed by atoms with Crippen LogP contribution in [0.4, 0.5) is 4.79 Å². The topological polar surface area (TPSA) is 68.5 Å². The molecule has 6 nitrogen and oxygen atoms in total. The van der Waals surface area contributed by atoms with E-state index in [0.29, 0.717) is 24.9 Å². The fourth-order valence-corrected chi connectivity index (χ4v) is 3.53. The van der Waals surface area contributed by atoms with Crippen molar-refractivity contribution in [3.63, 3.8) is 0 Å². The number of piperidine rings is 1. The zero-order valence-corrected chi connectivity index (χ0v) is 16.7. The molecule has 1 aromatic heterocycles. The molecule has 1 aromatic carbocycles. The Morgan fingerprint density at radius 1 is 1.14 bits per heavy atom. The van der Waals surface area contributed by atoms with E-state index in [-0.39, 0.29) is 17.9 Å². The van der Waals surface area contributed by atoms with Crippen LogP contribution in [0.1, 0.15) is 69.2 Å². The first-order valence-electron chi connectivity index (χ1n) is 9.96. The molecule has 1 aliphatic carbocycles. The van der Waals surface area contributed by atoms with Crippen LogP contribution in [0.2, 0.25) is 0 Å². The summed E-state index contributed by atoms with van der Waals surface area (Å²) in [7, 11) is 0. The van der Waals surface area contributed by atoms with Crippen molar-refractivity contribution >= 4 is 12.2 Å². The van der Waals surface area contributed by atoms with Gasteiger partial charge in [0, 0.05) is 19.0 Å². The summed E-state index contributed by atoms with van der Waals surface area (Å²) in [6.45, 7) is 6.96. The van der Waals surface area contributed by atoms with Crippen molar-refractivity contribution in [3.8, 4) is 0 Å². The maximum absolute atomic E-state index is 12.2. The second-order valence-corrected chi connectivity index (χ2v) is 8.61. The lowest BCUT2D eigenvalue weighted by Gasteiger charge is -2.32. The minimum atomic E-state index is -0.468. The number of hydrogen-bond donors (Lipinski definition) is 0. The second kappa shape index (κ2) is 7.41. The molecule has 1 aliphatic heterocycles. The van der Waals surface area contributed by atoms with Crippen LogP contribution in [0, 0.1) is 0 Å². The predicted octanol–water partition coefficient (Wildman–Crippen LogP) is 4.76. The summed E-state index contributed by atoms with van der Waals surface area (Å²) in [5.74, 6) is 1.88. The Bertz CT molecular complexity index is 859. The van der Waals surface area contributed by atoms with Gasteiger partial charge in [-0.3, -0.25) is 0 Å². The van der Waals surface area contributed by atoms with Crippen molar-refractivity contribution in [1.29, 1.82) is 0 Å². The second-order valence-electron chi connectivity index (χ2n) is 8.61. The van der Waals surface area contributed by atoms with Gasteiger partial charge in [-0.05, 0) is 45.6 Å². The third-order valence-corrected chi connectivity index (χ3v) is 5.13. The smallest absolute Gasteiger partial charge is 0.410 e. The highest BCUT2D eigenvalue weighted by molar-refractivity contribution is 5.68. The molecule has 6 heteroatoms. The molecular weight excluding hydrogens is 354 g/mol. The van der Waals surface area contributed by atoms with Crippen LogP contribution in [0.25, 0.3) is 6.08 Å². The fraction of sp³-hybridized carbons (Fsp3) is 0.500. The third-order valence-electron chi connectivity index (χ3n) is 5.13. The van der Waals surface area contributed by atoms with E-state index >= 15 is 0 Å². The molecule has 0 spiro atoms. The number of likely N-dealkylation sites (tertiary alicyclic amines) is 1. The Labute approximate surface area is 165 Å². The number of ether oxygens (including phenoxy) is 1. The SMILES string of the molecule is CC(C)(C)OC(=O)N1CCC(c2nnc(C3C/C3=C\c3ccccc3)o2)CC1. The minimum absolute atomic E-state index is 0.209. The average Bonchev–Trinajstić information content (AvgIpc) is 3.24. The maximum atomic E-state index is 12.2. The first-order valence-corrected chi connectivity index (χ1v) is 9.96. The first-order chi connectivity index (χ1) is 13.4. The molecule has 1 unspecified atom stereocenters. The van der Waals surface area contributed by atoms with Gasteiger partial charge in [-0.15, -0.1) is 10.2 Å². The van der Waals surface area contributed by atoms with Crippen LogP contribution in [0.3, 0.4) is 0 Å². The number of hydrogen-bond acceptors (Lipinski definition) is 5. The summed E-state index contributed by atoms with van der Waals surface area (Å²) in [5.41, 5.74) is 2.07. The predicted molar refractivity (Wildman–Crippen MR) is 106 cm³/mol. The summed E-state index contributed by atoms with van der Waals surface area (Å²) >= 11 is 0. The summed E-state index contributed by atoms with van der Waals surface area (Å²) in [6, 6.07) is 10.3. The van der Waals surface area contributed by atoms with Gasteiger partial charge in [-0.25, -0.2) is 4.79 Å². The first kappa shape index (κ1) is 18.7. The van der Waals surface area contributed by atoms with E-state index in [9.17, 15) is 4.79 Å². The molecule has 4 rings (SSSR count). The van der Waals surface area contributed by atoms with E-state index in [0.717, 1.165) is 19.3 Å². The van der Waals surface area contributed by atoms with E-state index in [2.05, 4.69) is 28.4 Å². The van der Waals surface area contributed by atoms with Gasteiger partial charge in [0.25, 0.3) is 0 Å². The minimum Gasteiger partial charge on any atom is -0.444 e. The van der Waals surface area contributed by atoms with Crippen molar-refractivity contribution in [2.75, 3.05) is 13.1 Å². The van der Waals surface area contributed by atoms with Crippen LogP contribution in [-0.2, 0) is 4.74 Å². The van der Waals surface area contributed by atoms with Gasteiger partial charge >= 0.3 is 6.09 Å². The monoisotopic (exact) mass is 381 g/mol. The summed E-state index contributed by atoms with van der Waals surface area (Å²) < 4.78 is 11.4. The number of carbonyl (C=O) groups is 1. The molecule has 0 radical (unpaired) electrons. The molecule has 148 valence electrons. The zero-order valence-electron chi connectivity index (χ0n) is 16.7. The average molecular weight is 381 g/mol. The number of allylic oxidation sites excluding steroid dienone is 1. The Morgan fingerprint density at radius 3 is 2.50 bits per heavy atom. The Hall–Kier alpha value is -2.63. The molecule has 1 saturated heterocycles. The highest BCUT2D eigenvalue weighted by atomic mass is 16.6. The van der Waals surface area contributed by atoms with E-state index in [1.54, 1.807) is 4.90 Å². The summed E-state index contributed by atoms with van der Waals surface area (Å²) in [5, 5.41) is 8.58. The van der Waals surface area contributed by atoms with Crippen LogP contribution >= 0.6 is 0 Å². The van der Waals surface area contributed by atoms with Gasteiger partial charge in [0.1, 0.15) is 5.60 Å². The van der Waals surface area contributed by atoms with E-state index in [1.807, 2.05) is 39.0 Å². The van der Waals surface area contributed by atoms with E-state index in [1.165, 1.54) is 11.1 Å².